The second-order valence-corrected chi connectivity index (χ2v) is 6.47. The van der Waals surface area contributed by atoms with Gasteiger partial charge in [0.15, 0.2) is 0 Å². The van der Waals surface area contributed by atoms with Crippen molar-refractivity contribution in [2.45, 2.75) is 18.9 Å². The fourth-order valence-corrected chi connectivity index (χ4v) is 3.48. The summed E-state index contributed by atoms with van der Waals surface area (Å²) in [5, 5.41) is 3.06. The number of carbonyl (C=O) groups excluding carboxylic acids is 1. The highest BCUT2D eigenvalue weighted by molar-refractivity contribution is 5.93. The number of rotatable bonds is 6. The molecule has 1 aliphatic rings. The van der Waals surface area contributed by atoms with Crippen LogP contribution >= 0.6 is 0 Å². The number of hydrogen-bond donors (Lipinski definition) is 1. The van der Waals surface area contributed by atoms with E-state index in [1.165, 1.54) is 12.8 Å². The van der Waals surface area contributed by atoms with Crippen LogP contribution in [0.15, 0.2) is 65.7 Å². The number of imidazole rings is 1. The van der Waals surface area contributed by atoms with E-state index >= 15 is 0 Å². The molecule has 1 atom stereocenters. The van der Waals surface area contributed by atoms with Crippen LogP contribution in [0.3, 0.4) is 0 Å². The summed E-state index contributed by atoms with van der Waals surface area (Å²) in [5.74, 6) is 0.755. The molecule has 1 N–H and O–H groups in total. The Bertz CT molecular complexity index is 836. The highest BCUT2D eigenvalue weighted by Crippen LogP contribution is 2.25. The van der Waals surface area contributed by atoms with Crippen LogP contribution < -0.4 is 5.32 Å². The van der Waals surface area contributed by atoms with Crippen LogP contribution in [0.4, 0.5) is 0 Å². The van der Waals surface area contributed by atoms with Gasteiger partial charge in [-0.05, 0) is 50.2 Å². The molecule has 2 aromatic heterocycles. The highest BCUT2D eigenvalue weighted by atomic mass is 16.3. The normalized spacial score (nSPS) is 15.8. The number of nitrogens with one attached hydrogen (secondary N) is 1. The second kappa shape index (κ2) is 7.58. The summed E-state index contributed by atoms with van der Waals surface area (Å²) in [7, 11) is 0. The van der Waals surface area contributed by atoms with E-state index in [2.05, 4.69) is 15.2 Å². The average Bonchev–Trinajstić information content (AvgIpc) is 3.44. The first-order chi connectivity index (χ1) is 12.8. The zero-order chi connectivity index (χ0) is 17.8. The van der Waals surface area contributed by atoms with Crippen molar-refractivity contribution in [3.63, 3.8) is 0 Å². The maximum Gasteiger partial charge on any atom is 0.269 e. The van der Waals surface area contributed by atoms with Gasteiger partial charge in [-0.15, -0.1) is 0 Å². The maximum atomic E-state index is 12.8. The molecule has 0 radical (unpaired) electrons. The minimum atomic E-state index is -0.137. The number of para-hydroxylation sites is 1. The molecular formula is C20H22N4O2. The first kappa shape index (κ1) is 16.6. The van der Waals surface area contributed by atoms with Crippen LogP contribution in [0.1, 0.15) is 35.1 Å². The zero-order valence-electron chi connectivity index (χ0n) is 14.5. The molecule has 1 aromatic carbocycles. The molecule has 0 spiro atoms. The van der Waals surface area contributed by atoms with E-state index < -0.39 is 0 Å². The Morgan fingerprint density at radius 3 is 2.69 bits per heavy atom. The smallest absolute Gasteiger partial charge is 0.269 e. The fraction of sp³-hybridized carbons (Fsp3) is 0.300. The number of likely N-dealkylation sites (tertiary alicyclic amines) is 1. The van der Waals surface area contributed by atoms with E-state index in [0.29, 0.717) is 12.2 Å². The largest absolute Gasteiger partial charge is 0.468 e. The second-order valence-electron chi connectivity index (χ2n) is 6.47. The molecule has 6 heteroatoms. The zero-order valence-corrected chi connectivity index (χ0v) is 14.5. The molecule has 0 saturated carbocycles. The predicted octanol–water partition coefficient (Wildman–Crippen LogP) is 3.03. The van der Waals surface area contributed by atoms with Crippen LogP contribution in [0.25, 0.3) is 5.69 Å². The molecule has 3 heterocycles. The van der Waals surface area contributed by atoms with Crippen molar-refractivity contribution in [2.75, 3.05) is 19.6 Å². The summed E-state index contributed by atoms with van der Waals surface area (Å²) in [6.45, 7) is 2.57. The quantitative estimate of drug-likeness (QED) is 0.742. The monoisotopic (exact) mass is 350 g/mol. The lowest BCUT2D eigenvalue weighted by atomic mass is 10.2. The van der Waals surface area contributed by atoms with Crippen LogP contribution in [-0.2, 0) is 0 Å². The number of aromatic nitrogens is 2. The van der Waals surface area contributed by atoms with Crippen LogP contribution in [0, 0.1) is 0 Å². The molecule has 1 fully saturated rings. The maximum absolute atomic E-state index is 12.8. The van der Waals surface area contributed by atoms with E-state index in [4.69, 9.17) is 4.42 Å². The Hall–Kier alpha value is -2.86. The third-order valence-electron chi connectivity index (χ3n) is 4.81. The molecule has 1 aliphatic heterocycles. The van der Waals surface area contributed by atoms with Crippen molar-refractivity contribution >= 4 is 5.91 Å². The molecule has 0 bridgehead atoms. The van der Waals surface area contributed by atoms with Gasteiger partial charge < -0.3 is 9.73 Å². The van der Waals surface area contributed by atoms with Gasteiger partial charge in [0.2, 0.25) is 0 Å². The number of furan rings is 1. The lowest BCUT2D eigenvalue weighted by molar-refractivity contribution is 0.0927. The fourth-order valence-electron chi connectivity index (χ4n) is 3.48. The average molecular weight is 350 g/mol. The van der Waals surface area contributed by atoms with Gasteiger partial charge in [0.05, 0.1) is 24.8 Å². The van der Waals surface area contributed by atoms with Gasteiger partial charge in [-0.3, -0.25) is 14.3 Å². The summed E-state index contributed by atoms with van der Waals surface area (Å²) >= 11 is 0. The molecule has 4 rings (SSSR count). The van der Waals surface area contributed by atoms with Crippen molar-refractivity contribution in [3.8, 4) is 5.69 Å². The third kappa shape index (κ3) is 3.41. The van der Waals surface area contributed by atoms with Crippen molar-refractivity contribution in [3.05, 3.63) is 72.7 Å². The van der Waals surface area contributed by atoms with Crippen LogP contribution in [0.5, 0.6) is 0 Å². The summed E-state index contributed by atoms with van der Waals surface area (Å²) < 4.78 is 7.41. The van der Waals surface area contributed by atoms with Crippen molar-refractivity contribution < 1.29 is 9.21 Å². The minimum Gasteiger partial charge on any atom is -0.468 e. The van der Waals surface area contributed by atoms with E-state index in [9.17, 15) is 4.79 Å². The summed E-state index contributed by atoms with van der Waals surface area (Å²) in [5.41, 5.74) is 1.44. The number of amides is 1. The van der Waals surface area contributed by atoms with Gasteiger partial charge in [-0.1, -0.05) is 18.2 Å². The molecule has 1 amide bonds. The third-order valence-corrected chi connectivity index (χ3v) is 4.81. The standard InChI is InChI=1S/C20H22N4O2/c25-20(18-13-21-15-24(18)16-7-2-1-3-8-16)22-14-17(19-9-6-12-26-19)23-10-4-5-11-23/h1-3,6-9,12-13,15,17H,4-5,10-11,14H2,(H,22,25)/t17-/m0/s1. The van der Waals surface area contributed by atoms with Gasteiger partial charge >= 0.3 is 0 Å². The van der Waals surface area contributed by atoms with Crippen molar-refractivity contribution in [1.29, 1.82) is 0 Å². The summed E-state index contributed by atoms with van der Waals surface area (Å²) in [6, 6.07) is 13.7. The Balaban J connectivity index is 1.49. The number of hydrogen-bond acceptors (Lipinski definition) is 4. The van der Waals surface area contributed by atoms with E-state index in [0.717, 1.165) is 24.5 Å². The molecule has 26 heavy (non-hydrogen) atoms. The summed E-state index contributed by atoms with van der Waals surface area (Å²) in [6.07, 6.45) is 7.32. The lowest BCUT2D eigenvalue weighted by Gasteiger charge is -2.26. The van der Waals surface area contributed by atoms with Crippen LogP contribution in [0.2, 0.25) is 0 Å². The first-order valence-corrected chi connectivity index (χ1v) is 8.96. The molecule has 0 unspecified atom stereocenters. The lowest BCUT2D eigenvalue weighted by Crippen LogP contribution is -2.37. The van der Waals surface area contributed by atoms with Gasteiger partial charge in [0.1, 0.15) is 11.5 Å². The minimum absolute atomic E-state index is 0.0598. The number of benzene rings is 1. The van der Waals surface area contributed by atoms with Gasteiger partial charge in [-0.2, -0.15) is 0 Å². The van der Waals surface area contributed by atoms with Crippen LogP contribution in [-0.4, -0.2) is 40.0 Å². The van der Waals surface area contributed by atoms with E-state index in [1.807, 2.05) is 42.5 Å². The van der Waals surface area contributed by atoms with E-state index in [-0.39, 0.29) is 11.9 Å². The molecular weight excluding hydrogens is 328 g/mol. The Kier molecular flexibility index (Phi) is 4.84. The van der Waals surface area contributed by atoms with E-state index in [1.54, 1.807) is 23.4 Å². The number of nitrogens with zero attached hydrogens (tertiary/aromatic N) is 3. The van der Waals surface area contributed by atoms with Gasteiger partial charge in [-0.25, -0.2) is 4.98 Å². The highest BCUT2D eigenvalue weighted by Gasteiger charge is 2.26. The number of carbonyl (C=O) groups is 1. The molecule has 134 valence electrons. The SMILES string of the molecule is O=C(NC[C@@H](c1ccco1)N1CCCC1)c1cncn1-c1ccccc1. The van der Waals surface area contributed by atoms with Crippen molar-refractivity contribution in [1.82, 2.24) is 19.8 Å². The van der Waals surface area contributed by atoms with Crippen molar-refractivity contribution in [2.24, 2.45) is 0 Å². The Morgan fingerprint density at radius 2 is 1.96 bits per heavy atom. The molecule has 1 saturated heterocycles. The molecule has 0 aliphatic carbocycles. The molecule has 6 nitrogen and oxygen atoms in total. The van der Waals surface area contributed by atoms with Gasteiger partial charge in [0.25, 0.3) is 5.91 Å². The van der Waals surface area contributed by atoms with Gasteiger partial charge in [0, 0.05) is 12.2 Å². The molecule has 3 aromatic rings. The predicted molar refractivity (Wildman–Crippen MR) is 98.2 cm³/mol. The first-order valence-electron chi connectivity index (χ1n) is 8.96. The Labute approximate surface area is 152 Å². The summed E-state index contributed by atoms with van der Waals surface area (Å²) in [4.78, 5) is 19.3. The Morgan fingerprint density at radius 1 is 1.15 bits per heavy atom. The topological polar surface area (TPSA) is 63.3 Å².